The summed E-state index contributed by atoms with van der Waals surface area (Å²) < 4.78 is 13.1. The maximum Gasteiger partial charge on any atom is 0.255 e. The first kappa shape index (κ1) is 25.6. The fourth-order valence-corrected chi connectivity index (χ4v) is 5.24. The molecule has 6 heteroatoms. The first-order valence-electron chi connectivity index (χ1n) is 13.3. The van der Waals surface area contributed by atoms with Crippen LogP contribution >= 0.6 is 0 Å². The third kappa shape index (κ3) is 6.28. The highest BCUT2D eigenvalue weighted by molar-refractivity contribution is 6.04. The molecule has 194 valence electrons. The topological polar surface area (TPSA) is 71.0 Å². The molecule has 5 rings (SSSR count). The molecule has 0 bridgehead atoms. The molecule has 2 aliphatic heterocycles. The lowest BCUT2D eigenvalue weighted by molar-refractivity contribution is -0.276. The van der Waals surface area contributed by atoms with E-state index in [0.29, 0.717) is 5.56 Å². The van der Waals surface area contributed by atoms with Crippen LogP contribution in [0.1, 0.15) is 65.6 Å². The van der Waals surface area contributed by atoms with Crippen molar-refractivity contribution in [2.24, 2.45) is 5.92 Å². The smallest absolute Gasteiger partial charge is 0.255 e. The van der Waals surface area contributed by atoms with E-state index in [0.717, 1.165) is 42.0 Å². The number of hydrogen-bond donors (Lipinski definition) is 2. The average molecular weight is 501 g/mol. The second kappa shape index (κ2) is 12.0. The third-order valence-electron chi connectivity index (χ3n) is 7.49. The SMILES string of the molecule is CC1C(CN2CCCCC2)OC(c2ccc(NC(=O)c3ccccc3)cc2)OC1c1ccc(CO)cc1. The molecule has 2 fully saturated rings. The Morgan fingerprint density at radius 3 is 2.24 bits per heavy atom. The number of amides is 1. The number of nitrogens with zero attached hydrogens (tertiary/aromatic N) is 1. The summed E-state index contributed by atoms with van der Waals surface area (Å²) in [5.74, 6) is 0.0305. The van der Waals surface area contributed by atoms with Crippen LogP contribution in [0.3, 0.4) is 0 Å². The lowest BCUT2D eigenvalue weighted by Gasteiger charge is -2.43. The Morgan fingerprint density at radius 1 is 0.892 bits per heavy atom. The third-order valence-corrected chi connectivity index (χ3v) is 7.49. The average Bonchev–Trinajstić information content (AvgIpc) is 2.96. The molecule has 0 aromatic heterocycles. The van der Waals surface area contributed by atoms with E-state index in [2.05, 4.69) is 29.3 Å². The molecule has 6 nitrogen and oxygen atoms in total. The zero-order chi connectivity index (χ0) is 25.6. The van der Waals surface area contributed by atoms with Gasteiger partial charge in [-0.2, -0.15) is 0 Å². The summed E-state index contributed by atoms with van der Waals surface area (Å²) in [7, 11) is 0. The Hall–Kier alpha value is -3.03. The van der Waals surface area contributed by atoms with Gasteiger partial charge in [-0.05, 0) is 61.3 Å². The lowest BCUT2D eigenvalue weighted by Crippen LogP contribution is -2.45. The van der Waals surface area contributed by atoms with Gasteiger partial charge in [0.1, 0.15) is 0 Å². The molecule has 37 heavy (non-hydrogen) atoms. The van der Waals surface area contributed by atoms with Crippen LogP contribution in [0.4, 0.5) is 5.69 Å². The van der Waals surface area contributed by atoms with Gasteiger partial charge in [0.15, 0.2) is 6.29 Å². The van der Waals surface area contributed by atoms with Crippen molar-refractivity contribution < 1.29 is 19.4 Å². The number of rotatable bonds is 7. The van der Waals surface area contributed by atoms with Gasteiger partial charge in [-0.1, -0.05) is 67.9 Å². The molecule has 0 aliphatic carbocycles. The Bertz CT molecular complexity index is 1140. The summed E-state index contributed by atoms with van der Waals surface area (Å²) in [5, 5.41) is 12.4. The number of aliphatic hydroxyl groups is 1. The molecule has 4 atom stereocenters. The maximum absolute atomic E-state index is 12.5. The van der Waals surface area contributed by atoms with Crippen LogP contribution in [0.2, 0.25) is 0 Å². The number of ether oxygens (including phenoxy) is 2. The molecular formula is C31H36N2O4. The molecule has 2 N–H and O–H groups in total. The largest absolute Gasteiger partial charge is 0.392 e. The summed E-state index contributed by atoms with van der Waals surface area (Å²) in [5.41, 5.74) is 4.24. The fourth-order valence-electron chi connectivity index (χ4n) is 5.24. The predicted octanol–water partition coefficient (Wildman–Crippen LogP) is 5.71. The van der Waals surface area contributed by atoms with Gasteiger partial charge < -0.3 is 24.8 Å². The Balaban J connectivity index is 1.34. The van der Waals surface area contributed by atoms with E-state index < -0.39 is 6.29 Å². The van der Waals surface area contributed by atoms with Gasteiger partial charge >= 0.3 is 0 Å². The van der Waals surface area contributed by atoms with Gasteiger partial charge in [0, 0.05) is 29.3 Å². The summed E-state index contributed by atoms with van der Waals surface area (Å²) in [4.78, 5) is 15.0. The summed E-state index contributed by atoms with van der Waals surface area (Å²) in [6, 6.07) is 24.9. The number of aliphatic hydroxyl groups excluding tert-OH is 1. The van der Waals surface area contributed by atoms with Gasteiger partial charge in [-0.3, -0.25) is 4.79 Å². The maximum atomic E-state index is 12.5. The predicted molar refractivity (Wildman–Crippen MR) is 144 cm³/mol. The van der Waals surface area contributed by atoms with Crippen LogP contribution in [0.25, 0.3) is 0 Å². The van der Waals surface area contributed by atoms with Crippen LogP contribution in [-0.2, 0) is 16.1 Å². The van der Waals surface area contributed by atoms with Crippen molar-refractivity contribution >= 4 is 11.6 Å². The van der Waals surface area contributed by atoms with Gasteiger partial charge in [0.05, 0.1) is 18.8 Å². The summed E-state index contributed by atoms with van der Waals surface area (Å²) >= 11 is 0. The quantitative estimate of drug-likeness (QED) is 0.435. The second-order valence-corrected chi connectivity index (χ2v) is 10.1. The molecule has 2 heterocycles. The van der Waals surface area contributed by atoms with Gasteiger partial charge in [0.2, 0.25) is 0 Å². The minimum absolute atomic E-state index is 0.0248. The van der Waals surface area contributed by atoms with Crippen LogP contribution in [0, 0.1) is 5.92 Å². The lowest BCUT2D eigenvalue weighted by atomic mass is 9.89. The molecule has 3 aromatic carbocycles. The van der Waals surface area contributed by atoms with Crippen LogP contribution < -0.4 is 5.32 Å². The van der Waals surface area contributed by atoms with E-state index in [9.17, 15) is 9.90 Å². The number of carbonyl (C=O) groups is 1. The minimum atomic E-state index is -0.507. The number of carbonyl (C=O) groups excluding carboxylic acids is 1. The van der Waals surface area contributed by atoms with Gasteiger partial charge in [-0.15, -0.1) is 0 Å². The number of likely N-dealkylation sites (tertiary alicyclic amines) is 1. The van der Waals surface area contributed by atoms with Crippen LogP contribution in [-0.4, -0.2) is 41.7 Å². The fraction of sp³-hybridized carbons (Fsp3) is 0.387. The zero-order valence-corrected chi connectivity index (χ0v) is 21.4. The van der Waals surface area contributed by atoms with Gasteiger partial charge in [-0.25, -0.2) is 0 Å². The van der Waals surface area contributed by atoms with Gasteiger partial charge in [0.25, 0.3) is 5.91 Å². The molecular weight excluding hydrogens is 464 g/mol. The highest BCUT2D eigenvalue weighted by atomic mass is 16.7. The van der Waals surface area contributed by atoms with Crippen molar-refractivity contribution in [2.75, 3.05) is 25.0 Å². The van der Waals surface area contributed by atoms with E-state index >= 15 is 0 Å². The Morgan fingerprint density at radius 2 is 1.57 bits per heavy atom. The van der Waals surface area contributed by atoms with Crippen molar-refractivity contribution in [1.29, 1.82) is 0 Å². The van der Waals surface area contributed by atoms with Crippen LogP contribution in [0.15, 0.2) is 78.9 Å². The van der Waals surface area contributed by atoms with Crippen molar-refractivity contribution in [1.82, 2.24) is 4.90 Å². The van der Waals surface area contributed by atoms with E-state index in [1.807, 2.05) is 54.6 Å². The monoisotopic (exact) mass is 500 g/mol. The van der Waals surface area contributed by atoms with Crippen molar-refractivity contribution in [3.8, 4) is 0 Å². The number of hydrogen-bond acceptors (Lipinski definition) is 5. The van der Waals surface area contributed by atoms with E-state index in [1.165, 1.54) is 19.3 Å². The first-order valence-corrected chi connectivity index (χ1v) is 13.3. The molecule has 1 amide bonds. The first-order chi connectivity index (χ1) is 18.1. The van der Waals surface area contributed by atoms with Crippen LogP contribution in [0.5, 0.6) is 0 Å². The number of benzene rings is 3. The minimum Gasteiger partial charge on any atom is -0.392 e. The molecule has 0 spiro atoms. The number of nitrogens with one attached hydrogen (secondary N) is 1. The van der Waals surface area contributed by atoms with Crippen molar-refractivity contribution in [3.63, 3.8) is 0 Å². The van der Waals surface area contributed by atoms with Crippen molar-refractivity contribution in [3.05, 3.63) is 101 Å². The van der Waals surface area contributed by atoms with E-state index in [1.54, 1.807) is 12.1 Å². The number of anilines is 1. The Labute approximate surface area is 219 Å². The normalized spacial score (nSPS) is 24.5. The second-order valence-electron chi connectivity index (χ2n) is 10.1. The highest BCUT2D eigenvalue weighted by Crippen LogP contribution is 2.42. The van der Waals surface area contributed by atoms with Crippen molar-refractivity contribution in [2.45, 2.75) is 51.3 Å². The van der Waals surface area contributed by atoms with E-state index in [4.69, 9.17) is 9.47 Å². The Kier molecular flexibility index (Phi) is 8.31. The molecule has 3 aromatic rings. The number of piperidine rings is 1. The molecule has 0 saturated carbocycles. The molecule has 4 unspecified atom stereocenters. The zero-order valence-electron chi connectivity index (χ0n) is 21.4. The standard InChI is InChI=1S/C31H36N2O4/c1-22-28(20-33-18-6-3-7-19-33)36-31(37-29(22)24-12-10-23(21-34)11-13-24)26-14-16-27(17-15-26)32-30(35)25-8-4-2-5-9-25/h2,4-5,8-17,22,28-29,31,34H,3,6-7,18-21H2,1H3,(H,32,35). The van der Waals surface area contributed by atoms with E-state index in [-0.39, 0.29) is 30.6 Å². The summed E-state index contributed by atoms with van der Waals surface area (Å²) in [6.07, 6.45) is 3.17. The molecule has 2 saturated heterocycles. The summed E-state index contributed by atoms with van der Waals surface area (Å²) in [6.45, 7) is 5.35. The molecule has 0 radical (unpaired) electrons. The molecule has 2 aliphatic rings. The highest BCUT2D eigenvalue weighted by Gasteiger charge is 2.39.